The summed E-state index contributed by atoms with van der Waals surface area (Å²) in [6, 6.07) is 11.7. The number of nitrogens with one attached hydrogen (secondary N) is 1. The summed E-state index contributed by atoms with van der Waals surface area (Å²) < 4.78 is 1.80. The van der Waals surface area contributed by atoms with Crippen LogP contribution in [0.25, 0.3) is 0 Å². The van der Waals surface area contributed by atoms with E-state index < -0.39 is 0 Å². The molecule has 144 valence electrons. The summed E-state index contributed by atoms with van der Waals surface area (Å²) in [6.45, 7) is 2.58. The molecule has 2 heterocycles. The predicted molar refractivity (Wildman–Crippen MR) is 114 cm³/mol. The van der Waals surface area contributed by atoms with E-state index in [0.29, 0.717) is 11.6 Å². The van der Waals surface area contributed by atoms with E-state index in [1.54, 1.807) is 15.9 Å². The molecule has 0 spiro atoms. The van der Waals surface area contributed by atoms with Crippen molar-refractivity contribution in [2.45, 2.75) is 37.8 Å². The van der Waals surface area contributed by atoms with Crippen molar-refractivity contribution in [1.29, 1.82) is 0 Å². The third-order valence-electron chi connectivity index (χ3n) is 4.77. The number of anilines is 1. The molecule has 1 amide bonds. The molecule has 0 aliphatic heterocycles. The minimum Gasteiger partial charge on any atom is -0.325 e. The monoisotopic (exact) mass is 411 g/mol. The van der Waals surface area contributed by atoms with Crippen molar-refractivity contribution >= 4 is 34.7 Å². The van der Waals surface area contributed by atoms with Gasteiger partial charge in [0.15, 0.2) is 0 Å². The molecule has 1 aromatic carbocycles. The molecule has 0 bridgehead atoms. The molecule has 0 atom stereocenters. The number of fused-ring (bicyclic) bond motifs is 1. The Hall–Kier alpha value is -2.38. The van der Waals surface area contributed by atoms with Gasteiger partial charge in [-0.25, -0.2) is 4.79 Å². The summed E-state index contributed by atoms with van der Waals surface area (Å²) in [5, 5.41) is 5.62. The first-order valence-electron chi connectivity index (χ1n) is 9.24. The summed E-state index contributed by atoms with van der Waals surface area (Å²) in [6.07, 6.45) is 2.82. The third kappa shape index (κ3) is 4.20. The SMILES string of the molecule is Cc1ccc(NC(=O)CSc2nc(=O)n(Cc3cccs3)c3c2CCC3)cc1. The Bertz CT molecular complexity index is 1040. The predicted octanol–water partition coefficient (Wildman–Crippen LogP) is 3.88. The topological polar surface area (TPSA) is 64.0 Å². The summed E-state index contributed by atoms with van der Waals surface area (Å²) >= 11 is 3.00. The number of nitrogens with zero attached hydrogens (tertiary/aromatic N) is 2. The van der Waals surface area contributed by atoms with Crippen molar-refractivity contribution < 1.29 is 4.79 Å². The van der Waals surface area contributed by atoms with Gasteiger partial charge < -0.3 is 5.32 Å². The van der Waals surface area contributed by atoms with Crippen molar-refractivity contribution in [3.8, 4) is 0 Å². The fourth-order valence-corrected chi connectivity index (χ4v) is 4.96. The van der Waals surface area contributed by atoms with Gasteiger partial charge in [-0.05, 0) is 49.8 Å². The van der Waals surface area contributed by atoms with Gasteiger partial charge in [-0.1, -0.05) is 35.5 Å². The number of hydrogen-bond donors (Lipinski definition) is 1. The number of carbonyl (C=O) groups excluding carboxylic acids is 1. The zero-order valence-electron chi connectivity index (χ0n) is 15.6. The van der Waals surface area contributed by atoms with Gasteiger partial charge in [0.25, 0.3) is 0 Å². The molecule has 0 saturated carbocycles. The second-order valence-corrected chi connectivity index (χ2v) is 8.84. The van der Waals surface area contributed by atoms with Crippen LogP contribution in [-0.4, -0.2) is 21.2 Å². The summed E-state index contributed by atoms with van der Waals surface area (Å²) in [7, 11) is 0. The zero-order chi connectivity index (χ0) is 19.5. The van der Waals surface area contributed by atoms with Crippen molar-refractivity contribution in [3.63, 3.8) is 0 Å². The lowest BCUT2D eigenvalue weighted by molar-refractivity contribution is -0.113. The number of hydrogen-bond acceptors (Lipinski definition) is 5. The Morgan fingerprint density at radius 2 is 2.07 bits per heavy atom. The van der Waals surface area contributed by atoms with E-state index in [4.69, 9.17) is 0 Å². The number of thiophene rings is 1. The van der Waals surface area contributed by atoms with Crippen LogP contribution in [0, 0.1) is 6.92 Å². The van der Waals surface area contributed by atoms with E-state index >= 15 is 0 Å². The maximum absolute atomic E-state index is 12.6. The molecule has 4 rings (SSSR count). The fourth-order valence-electron chi connectivity index (χ4n) is 3.39. The quantitative estimate of drug-likeness (QED) is 0.494. The Labute approximate surface area is 171 Å². The van der Waals surface area contributed by atoms with Gasteiger partial charge in [-0.2, -0.15) is 4.98 Å². The van der Waals surface area contributed by atoms with Crippen LogP contribution in [0.4, 0.5) is 5.69 Å². The van der Waals surface area contributed by atoms with Gasteiger partial charge in [-0.15, -0.1) is 11.3 Å². The molecule has 0 fully saturated rings. The lowest BCUT2D eigenvalue weighted by atomic mass is 10.2. The molecule has 3 aromatic rings. The second kappa shape index (κ2) is 8.32. The van der Waals surface area contributed by atoms with E-state index in [9.17, 15) is 9.59 Å². The number of aromatic nitrogens is 2. The average molecular weight is 412 g/mol. The first kappa shape index (κ1) is 19.0. The van der Waals surface area contributed by atoms with Gasteiger partial charge in [-0.3, -0.25) is 9.36 Å². The first-order valence-corrected chi connectivity index (χ1v) is 11.1. The van der Waals surface area contributed by atoms with E-state index in [-0.39, 0.29) is 17.3 Å². The Morgan fingerprint density at radius 3 is 2.82 bits per heavy atom. The molecule has 2 aromatic heterocycles. The molecule has 0 unspecified atom stereocenters. The number of amides is 1. The lowest BCUT2D eigenvalue weighted by Crippen LogP contribution is -2.27. The summed E-state index contributed by atoms with van der Waals surface area (Å²) in [5.74, 6) is 0.145. The van der Waals surface area contributed by atoms with Crippen LogP contribution < -0.4 is 11.0 Å². The van der Waals surface area contributed by atoms with Crippen LogP contribution in [0.5, 0.6) is 0 Å². The zero-order valence-corrected chi connectivity index (χ0v) is 17.2. The van der Waals surface area contributed by atoms with Gasteiger partial charge >= 0.3 is 5.69 Å². The standard InChI is InChI=1S/C21H21N3O2S2/c1-14-7-9-15(10-8-14)22-19(25)13-28-20-17-5-2-6-18(17)24(21(26)23-20)12-16-4-3-11-27-16/h3-4,7-11H,2,5-6,12-13H2,1H3,(H,22,25). The maximum atomic E-state index is 12.6. The molecular weight excluding hydrogens is 390 g/mol. The smallest absolute Gasteiger partial charge is 0.325 e. The fraction of sp³-hybridized carbons (Fsp3) is 0.286. The molecule has 1 aliphatic carbocycles. The van der Waals surface area contributed by atoms with Crippen molar-refractivity contribution in [1.82, 2.24) is 9.55 Å². The molecule has 1 N–H and O–H groups in total. The molecule has 7 heteroatoms. The Kier molecular flexibility index (Phi) is 5.64. The van der Waals surface area contributed by atoms with Crippen LogP contribution in [-0.2, 0) is 24.2 Å². The highest BCUT2D eigenvalue weighted by atomic mass is 32.2. The van der Waals surface area contributed by atoms with Gasteiger partial charge in [0.1, 0.15) is 5.03 Å². The van der Waals surface area contributed by atoms with Gasteiger partial charge in [0.2, 0.25) is 5.91 Å². The number of benzene rings is 1. The minimum absolute atomic E-state index is 0.0924. The molecule has 0 radical (unpaired) electrons. The van der Waals surface area contributed by atoms with Crippen LogP contribution >= 0.6 is 23.1 Å². The van der Waals surface area contributed by atoms with E-state index in [2.05, 4.69) is 10.3 Å². The molecule has 1 aliphatic rings. The molecule has 28 heavy (non-hydrogen) atoms. The largest absolute Gasteiger partial charge is 0.349 e. The average Bonchev–Trinajstić information content (AvgIpc) is 3.36. The molecule has 5 nitrogen and oxygen atoms in total. The highest BCUT2D eigenvalue weighted by molar-refractivity contribution is 8.00. The summed E-state index contributed by atoms with van der Waals surface area (Å²) in [4.78, 5) is 30.4. The van der Waals surface area contributed by atoms with Crippen LogP contribution in [0.3, 0.4) is 0 Å². The number of carbonyl (C=O) groups is 1. The number of rotatable bonds is 6. The van der Waals surface area contributed by atoms with Crippen LogP contribution in [0.15, 0.2) is 51.6 Å². The van der Waals surface area contributed by atoms with Crippen LogP contribution in [0.1, 0.15) is 28.1 Å². The second-order valence-electron chi connectivity index (χ2n) is 6.85. The highest BCUT2D eigenvalue weighted by Gasteiger charge is 2.22. The number of aryl methyl sites for hydroxylation is 1. The van der Waals surface area contributed by atoms with E-state index in [0.717, 1.165) is 46.6 Å². The number of thioether (sulfide) groups is 1. The maximum Gasteiger partial charge on any atom is 0.349 e. The highest BCUT2D eigenvalue weighted by Crippen LogP contribution is 2.29. The third-order valence-corrected chi connectivity index (χ3v) is 6.65. The van der Waals surface area contributed by atoms with Gasteiger partial charge in [0, 0.05) is 21.8 Å². The van der Waals surface area contributed by atoms with Crippen molar-refractivity contribution in [3.05, 3.63) is 74.0 Å². The van der Waals surface area contributed by atoms with Crippen molar-refractivity contribution in [2.24, 2.45) is 0 Å². The lowest BCUT2D eigenvalue weighted by Gasteiger charge is -2.13. The first-order chi connectivity index (χ1) is 13.6. The van der Waals surface area contributed by atoms with E-state index in [1.807, 2.05) is 48.7 Å². The van der Waals surface area contributed by atoms with E-state index in [1.165, 1.54) is 11.8 Å². The molecular formula is C21H21N3O2S2. The Morgan fingerprint density at radius 1 is 1.25 bits per heavy atom. The van der Waals surface area contributed by atoms with Crippen molar-refractivity contribution in [2.75, 3.05) is 11.1 Å². The Balaban J connectivity index is 1.48. The summed E-state index contributed by atoms with van der Waals surface area (Å²) in [5.41, 5.74) is 3.91. The molecule has 0 saturated heterocycles. The van der Waals surface area contributed by atoms with Gasteiger partial charge in [0.05, 0.1) is 12.3 Å². The van der Waals surface area contributed by atoms with Crippen LogP contribution in [0.2, 0.25) is 0 Å². The normalized spacial score (nSPS) is 12.8. The minimum atomic E-state index is -0.226.